The maximum Gasteiger partial charge on any atom is 0.309 e. The van der Waals surface area contributed by atoms with Crippen LogP contribution in [0.15, 0.2) is 22.7 Å². The molecule has 0 radical (unpaired) electrons. The molecule has 1 aliphatic rings. The Balaban J connectivity index is 2.26. The Hall–Kier alpha value is -0.540. The molecule has 1 aromatic carbocycles. The summed E-state index contributed by atoms with van der Waals surface area (Å²) >= 11 is 9.49. The normalized spacial score (nSPS) is 18.8. The van der Waals surface area contributed by atoms with Gasteiger partial charge in [-0.3, -0.25) is 4.79 Å². The van der Waals surface area contributed by atoms with Crippen LogP contribution in [0.25, 0.3) is 0 Å². The van der Waals surface area contributed by atoms with Gasteiger partial charge in [0.25, 0.3) is 0 Å². The van der Waals surface area contributed by atoms with Gasteiger partial charge in [0.2, 0.25) is 0 Å². The number of halogens is 2. The predicted molar refractivity (Wildman–Crippen MR) is 71.3 cm³/mol. The van der Waals surface area contributed by atoms with Crippen LogP contribution >= 0.6 is 27.5 Å². The Bertz CT molecular complexity index is 457. The first-order valence-corrected chi connectivity index (χ1v) is 6.78. The van der Waals surface area contributed by atoms with Crippen LogP contribution in [0, 0.1) is 11.3 Å². The summed E-state index contributed by atoms with van der Waals surface area (Å²) in [5.41, 5.74) is 0.226. The maximum absolute atomic E-state index is 11.4. The summed E-state index contributed by atoms with van der Waals surface area (Å²) in [4.78, 5) is 11.4. The lowest BCUT2D eigenvalue weighted by molar-refractivity contribution is -0.149. The number of rotatable bonds is 4. The van der Waals surface area contributed by atoms with Crippen molar-refractivity contribution in [3.8, 4) is 0 Å². The first-order valence-electron chi connectivity index (χ1n) is 5.61. The van der Waals surface area contributed by atoms with Crippen molar-refractivity contribution in [1.29, 1.82) is 0 Å². The van der Waals surface area contributed by atoms with Crippen LogP contribution in [0.4, 0.5) is 0 Å². The Labute approximate surface area is 114 Å². The molecule has 92 valence electrons. The highest BCUT2D eigenvalue weighted by atomic mass is 79.9. The van der Waals surface area contributed by atoms with Crippen molar-refractivity contribution in [1.82, 2.24) is 0 Å². The Morgan fingerprint density at radius 1 is 1.59 bits per heavy atom. The number of aliphatic carboxylic acids is 1. The fourth-order valence-electron chi connectivity index (χ4n) is 2.18. The molecule has 1 aromatic rings. The van der Waals surface area contributed by atoms with E-state index in [1.165, 1.54) is 0 Å². The van der Waals surface area contributed by atoms with Crippen molar-refractivity contribution in [2.75, 3.05) is 0 Å². The molecule has 0 spiro atoms. The van der Waals surface area contributed by atoms with E-state index in [4.69, 9.17) is 11.6 Å². The van der Waals surface area contributed by atoms with E-state index in [1.54, 1.807) is 0 Å². The molecule has 0 heterocycles. The van der Waals surface area contributed by atoms with Gasteiger partial charge in [-0.25, -0.2) is 0 Å². The highest BCUT2D eigenvalue weighted by Crippen LogP contribution is 2.48. The topological polar surface area (TPSA) is 37.3 Å². The minimum atomic E-state index is -0.723. The molecule has 4 heteroatoms. The van der Waals surface area contributed by atoms with E-state index >= 15 is 0 Å². The molecule has 17 heavy (non-hydrogen) atoms. The lowest BCUT2D eigenvalue weighted by atomic mass is 9.79. The van der Waals surface area contributed by atoms with Gasteiger partial charge in [0.05, 0.1) is 5.41 Å². The average molecular weight is 318 g/mol. The van der Waals surface area contributed by atoms with Crippen LogP contribution in [0.3, 0.4) is 0 Å². The van der Waals surface area contributed by atoms with E-state index in [0.29, 0.717) is 17.4 Å². The maximum atomic E-state index is 11.4. The summed E-state index contributed by atoms with van der Waals surface area (Å²) < 4.78 is 0.912. The van der Waals surface area contributed by atoms with Gasteiger partial charge < -0.3 is 5.11 Å². The third-order valence-corrected chi connectivity index (χ3v) is 4.38. The summed E-state index contributed by atoms with van der Waals surface area (Å²) in [6.07, 6.45) is 2.52. The minimum absolute atomic E-state index is 0.291. The fourth-order valence-corrected chi connectivity index (χ4v) is 2.92. The number of carboxylic acid groups (broad SMARTS) is 1. The van der Waals surface area contributed by atoms with E-state index in [2.05, 4.69) is 15.9 Å². The summed E-state index contributed by atoms with van der Waals surface area (Å²) in [5.74, 6) is -0.432. The second kappa shape index (κ2) is 4.62. The number of carboxylic acids is 1. The van der Waals surface area contributed by atoms with Gasteiger partial charge in [-0.1, -0.05) is 33.6 Å². The van der Waals surface area contributed by atoms with Crippen molar-refractivity contribution in [2.24, 2.45) is 11.3 Å². The second-order valence-electron chi connectivity index (χ2n) is 4.91. The van der Waals surface area contributed by atoms with Crippen LogP contribution < -0.4 is 0 Å². The molecule has 0 saturated heterocycles. The Morgan fingerprint density at radius 2 is 2.24 bits per heavy atom. The monoisotopic (exact) mass is 316 g/mol. The molecule has 2 nitrogen and oxygen atoms in total. The molecule has 0 aromatic heterocycles. The molecule has 1 N–H and O–H groups in total. The second-order valence-corrected chi connectivity index (χ2v) is 6.23. The lowest BCUT2D eigenvalue weighted by Crippen LogP contribution is -2.32. The molecule has 1 aliphatic carbocycles. The molecule has 0 amide bonds. The van der Waals surface area contributed by atoms with Gasteiger partial charge in [0.15, 0.2) is 0 Å². The molecule has 2 rings (SSSR count). The van der Waals surface area contributed by atoms with Crippen molar-refractivity contribution >= 4 is 33.5 Å². The number of carbonyl (C=O) groups is 1. The first kappa shape index (κ1) is 12.9. The molecular formula is C13H14BrClO2. The molecule has 1 saturated carbocycles. The van der Waals surface area contributed by atoms with E-state index in [1.807, 2.05) is 25.1 Å². The molecule has 1 atom stereocenters. The smallest absolute Gasteiger partial charge is 0.309 e. The third kappa shape index (κ3) is 2.66. The predicted octanol–water partition coefficient (Wildman–Crippen LogP) is 4.15. The van der Waals surface area contributed by atoms with E-state index < -0.39 is 11.4 Å². The standard InChI is InChI=1S/C13H14BrClO2/c1-13(12(16)17,9-3-4-9)7-8-2-5-10(14)6-11(8)15/h2,5-6,9H,3-4,7H2,1H3,(H,16,17). The van der Waals surface area contributed by atoms with Crippen LogP contribution in [-0.4, -0.2) is 11.1 Å². The van der Waals surface area contributed by atoms with Gasteiger partial charge in [0.1, 0.15) is 0 Å². The van der Waals surface area contributed by atoms with E-state index in [-0.39, 0.29) is 0 Å². The zero-order valence-corrected chi connectivity index (χ0v) is 11.9. The zero-order chi connectivity index (χ0) is 12.6. The third-order valence-electron chi connectivity index (χ3n) is 3.54. The minimum Gasteiger partial charge on any atom is -0.481 e. The van der Waals surface area contributed by atoms with Crippen LogP contribution in [0.1, 0.15) is 25.3 Å². The highest BCUT2D eigenvalue weighted by Gasteiger charge is 2.47. The van der Waals surface area contributed by atoms with E-state index in [0.717, 1.165) is 22.9 Å². The number of hydrogen-bond acceptors (Lipinski definition) is 1. The largest absolute Gasteiger partial charge is 0.481 e. The first-order chi connectivity index (χ1) is 7.93. The zero-order valence-electron chi connectivity index (χ0n) is 9.54. The van der Waals surface area contributed by atoms with Gasteiger partial charge >= 0.3 is 5.97 Å². The summed E-state index contributed by atoms with van der Waals surface area (Å²) in [5, 5.41) is 10.0. The Kier molecular flexibility index (Phi) is 3.50. The van der Waals surface area contributed by atoms with Crippen LogP contribution in [-0.2, 0) is 11.2 Å². The SMILES string of the molecule is CC(Cc1ccc(Br)cc1Cl)(C(=O)O)C1CC1. The van der Waals surface area contributed by atoms with Gasteiger partial charge in [-0.2, -0.15) is 0 Å². The summed E-state index contributed by atoms with van der Waals surface area (Å²) in [6.45, 7) is 1.82. The quantitative estimate of drug-likeness (QED) is 0.906. The van der Waals surface area contributed by atoms with Crippen molar-refractivity contribution in [2.45, 2.75) is 26.2 Å². The van der Waals surface area contributed by atoms with Gasteiger partial charge in [-0.15, -0.1) is 0 Å². The number of hydrogen-bond donors (Lipinski definition) is 1. The van der Waals surface area contributed by atoms with Crippen molar-refractivity contribution < 1.29 is 9.90 Å². The fraction of sp³-hybridized carbons (Fsp3) is 0.462. The Morgan fingerprint density at radius 3 is 2.71 bits per heavy atom. The van der Waals surface area contributed by atoms with E-state index in [9.17, 15) is 9.90 Å². The molecule has 0 aliphatic heterocycles. The van der Waals surface area contributed by atoms with Crippen molar-refractivity contribution in [3.05, 3.63) is 33.3 Å². The summed E-state index contributed by atoms with van der Waals surface area (Å²) in [7, 11) is 0. The van der Waals surface area contributed by atoms with Crippen LogP contribution in [0.5, 0.6) is 0 Å². The van der Waals surface area contributed by atoms with Gasteiger partial charge in [0, 0.05) is 9.50 Å². The van der Waals surface area contributed by atoms with Crippen LogP contribution in [0.2, 0.25) is 5.02 Å². The average Bonchev–Trinajstić information content (AvgIpc) is 3.05. The van der Waals surface area contributed by atoms with Gasteiger partial charge in [-0.05, 0) is 49.8 Å². The van der Waals surface area contributed by atoms with Crippen molar-refractivity contribution in [3.63, 3.8) is 0 Å². The molecule has 1 unspecified atom stereocenters. The lowest BCUT2D eigenvalue weighted by Gasteiger charge is -2.25. The molecule has 1 fully saturated rings. The summed E-state index contributed by atoms with van der Waals surface area (Å²) in [6, 6.07) is 5.61. The molecular weight excluding hydrogens is 303 g/mol. The number of benzene rings is 1. The highest BCUT2D eigenvalue weighted by molar-refractivity contribution is 9.10. The molecule has 0 bridgehead atoms.